The highest BCUT2D eigenvalue weighted by molar-refractivity contribution is 6.12. The predicted octanol–water partition coefficient (Wildman–Crippen LogP) is 6.70. The molecule has 1 aliphatic carbocycles. The van der Waals surface area contributed by atoms with Gasteiger partial charge in [-0.05, 0) is 54.5 Å². The van der Waals surface area contributed by atoms with E-state index in [9.17, 15) is 0 Å². The monoisotopic (exact) mass is 428 g/mol. The van der Waals surface area contributed by atoms with Crippen molar-refractivity contribution in [3.8, 4) is 22.4 Å². The minimum Gasteiger partial charge on any atom is -0.453 e. The molecule has 6 rings (SSSR count). The highest BCUT2D eigenvalue weighted by Crippen LogP contribution is 2.52. The Balaban J connectivity index is 1.71. The summed E-state index contributed by atoms with van der Waals surface area (Å²) in [6.45, 7) is -4.05. The lowest BCUT2D eigenvalue weighted by Crippen LogP contribution is -2.31. The molecule has 3 aromatic heterocycles. The summed E-state index contributed by atoms with van der Waals surface area (Å²) in [6, 6.07) is 12.6. The molecule has 0 saturated heterocycles. The lowest BCUT2D eigenvalue weighted by molar-refractivity contribution is -0.660. The Hall–Kier alpha value is -3.46. The first-order chi connectivity index (χ1) is 19.0. The second-order valence-corrected chi connectivity index (χ2v) is 8.73. The molecule has 0 bridgehead atoms. The van der Waals surface area contributed by atoms with Crippen LogP contribution in [-0.4, -0.2) is 4.98 Å². The fourth-order valence-electron chi connectivity index (χ4n) is 5.00. The minimum atomic E-state index is -2.66. The molecule has 2 aromatic carbocycles. The van der Waals surface area contributed by atoms with Crippen molar-refractivity contribution in [2.75, 3.05) is 0 Å². The Morgan fingerprint density at radius 2 is 1.81 bits per heavy atom. The van der Waals surface area contributed by atoms with Gasteiger partial charge in [0.2, 0.25) is 5.69 Å². The van der Waals surface area contributed by atoms with Gasteiger partial charge in [0.15, 0.2) is 17.4 Å². The van der Waals surface area contributed by atoms with Gasteiger partial charge in [-0.25, -0.2) is 4.57 Å². The lowest BCUT2D eigenvalue weighted by Gasteiger charge is -2.20. The molecular weight excluding hydrogens is 392 g/mol. The molecule has 3 heterocycles. The maximum Gasteiger partial charge on any atom is 0.216 e. The first-order valence-electron chi connectivity index (χ1n) is 15.0. The maximum atomic E-state index is 8.42. The van der Waals surface area contributed by atoms with Crippen LogP contribution in [0.15, 0.2) is 59.3 Å². The molecule has 0 N–H and O–H groups in total. The number of furan rings is 1. The van der Waals surface area contributed by atoms with Crippen molar-refractivity contribution >= 4 is 22.1 Å². The smallest absolute Gasteiger partial charge is 0.216 e. The van der Waals surface area contributed by atoms with Gasteiger partial charge < -0.3 is 4.42 Å². The van der Waals surface area contributed by atoms with E-state index in [1.54, 1.807) is 24.7 Å². The molecular formula is C29H27N2O+. The Morgan fingerprint density at radius 1 is 0.969 bits per heavy atom. The topological polar surface area (TPSA) is 29.9 Å². The molecule has 0 amide bonds. The summed E-state index contributed by atoms with van der Waals surface area (Å²) in [7, 11) is 1.67. The summed E-state index contributed by atoms with van der Waals surface area (Å²) in [5.41, 5.74) is 4.21. The normalized spacial score (nSPS) is 22.5. The molecule has 0 saturated carbocycles. The first kappa shape index (κ1) is 12.0. The number of rotatable bonds is 1. The second-order valence-electron chi connectivity index (χ2n) is 8.73. The summed E-state index contributed by atoms with van der Waals surface area (Å²) in [5.74, 6) is 0. The van der Waals surface area contributed by atoms with Crippen LogP contribution in [0.2, 0.25) is 0 Å². The Morgan fingerprint density at radius 3 is 2.62 bits per heavy atom. The van der Waals surface area contributed by atoms with E-state index in [1.807, 2.05) is 43.3 Å². The van der Waals surface area contributed by atoms with Crippen LogP contribution in [0.25, 0.3) is 44.5 Å². The average Bonchev–Trinajstić information content (AvgIpc) is 3.37. The quantitative estimate of drug-likeness (QED) is 0.278. The van der Waals surface area contributed by atoms with Crippen LogP contribution < -0.4 is 4.57 Å². The number of hydrogen-bond donors (Lipinski definition) is 0. The number of fused-ring (bicyclic) bond motifs is 7. The maximum absolute atomic E-state index is 8.42. The first-order valence-corrected chi connectivity index (χ1v) is 10.5. The minimum absolute atomic E-state index is 0.238. The SMILES string of the molecule is [2H]C([2H])([2H])c1cc(-c2c(C)ccc3c2oc2c4c(cnc23)C(C)(C([2H])([2H])[2H])c2ccccc2-4)[n+](C)cc1C([2H])([2H])[2H]. The molecule has 0 spiro atoms. The standard InChI is InChI=1S/C29H27N2O/c1-16-11-12-20-26-28(32-27(20)24(16)23-13-17(2)18(3)15-31(23)6)25-19-9-7-8-10-21(19)29(4,5)22(25)14-30-26/h7-15H,1-6H3/q+1/i2D3,3D3,4D3. The van der Waals surface area contributed by atoms with E-state index in [0.29, 0.717) is 50.0 Å². The summed E-state index contributed by atoms with van der Waals surface area (Å²) in [4.78, 5) is 4.71. The summed E-state index contributed by atoms with van der Waals surface area (Å²) < 4.78 is 81.4. The Kier molecular flexibility index (Phi) is 2.35. The Labute approximate surface area is 201 Å². The molecule has 1 aliphatic rings. The molecule has 3 heteroatoms. The zero-order valence-electron chi connectivity index (χ0n) is 27.0. The van der Waals surface area contributed by atoms with Gasteiger partial charge in [0.05, 0.1) is 5.56 Å². The Bertz CT molecular complexity index is 1900. The molecule has 0 radical (unpaired) electrons. The van der Waals surface area contributed by atoms with E-state index in [2.05, 4.69) is 0 Å². The van der Waals surface area contributed by atoms with Crippen molar-refractivity contribution in [2.24, 2.45) is 7.05 Å². The highest BCUT2D eigenvalue weighted by Gasteiger charge is 2.38. The molecule has 0 fully saturated rings. The molecule has 1 unspecified atom stereocenters. The zero-order valence-corrected chi connectivity index (χ0v) is 18.0. The van der Waals surface area contributed by atoms with E-state index < -0.39 is 26.0 Å². The second kappa shape index (κ2) is 6.29. The molecule has 32 heavy (non-hydrogen) atoms. The van der Waals surface area contributed by atoms with Crippen LogP contribution in [-0.2, 0) is 12.5 Å². The van der Waals surface area contributed by atoms with Crippen LogP contribution in [0.1, 0.15) is 53.9 Å². The number of aromatic nitrogens is 2. The van der Waals surface area contributed by atoms with Gasteiger partial charge in [0, 0.05) is 46.5 Å². The van der Waals surface area contributed by atoms with Crippen molar-refractivity contribution in [1.82, 2.24) is 4.98 Å². The van der Waals surface area contributed by atoms with Crippen molar-refractivity contribution in [2.45, 2.75) is 39.8 Å². The molecule has 158 valence electrons. The van der Waals surface area contributed by atoms with Crippen LogP contribution in [0, 0.1) is 20.6 Å². The van der Waals surface area contributed by atoms with Crippen LogP contribution in [0.4, 0.5) is 0 Å². The summed E-state index contributed by atoms with van der Waals surface area (Å²) >= 11 is 0. The van der Waals surface area contributed by atoms with Gasteiger partial charge in [-0.3, -0.25) is 4.98 Å². The third-order valence-electron chi connectivity index (χ3n) is 6.66. The van der Waals surface area contributed by atoms with Gasteiger partial charge >= 0.3 is 0 Å². The van der Waals surface area contributed by atoms with Crippen molar-refractivity contribution in [1.29, 1.82) is 0 Å². The third-order valence-corrected chi connectivity index (χ3v) is 6.66. The van der Waals surface area contributed by atoms with Crippen LogP contribution in [0.5, 0.6) is 0 Å². The van der Waals surface area contributed by atoms with Gasteiger partial charge in [0.1, 0.15) is 12.6 Å². The van der Waals surface area contributed by atoms with Crippen LogP contribution >= 0.6 is 0 Å². The lowest BCUT2D eigenvalue weighted by atomic mass is 9.83. The highest BCUT2D eigenvalue weighted by atomic mass is 16.3. The average molecular weight is 429 g/mol. The van der Waals surface area contributed by atoms with E-state index in [4.69, 9.17) is 21.7 Å². The van der Waals surface area contributed by atoms with Crippen molar-refractivity contribution < 1.29 is 21.3 Å². The van der Waals surface area contributed by atoms with Gasteiger partial charge in [-0.2, -0.15) is 0 Å². The molecule has 3 nitrogen and oxygen atoms in total. The fraction of sp³-hybridized carbons (Fsp3) is 0.241. The number of pyridine rings is 2. The number of hydrogen-bond acceptors (Lipinski definition) is 2. The van der Waals surface area contributed by atoms with E-state index in [0.717, 1.165) is 11.1 Å². The van der Waals surface area contributed by atoms with E-state index >= 15 is 0 Å². The van der Waals surface area contributed by atoms with Crippen molar-refractivity contribution in [3.05, 3.63) is 82.7 Å². The van der Waals surface area contributed by atoms with Crippen molar-refractivity contribution in [3.63, 3.8) is 0 Å². The van der Waals surface area contributed by atoms with E-state index in [-0.39, 0.29) is 11.1 Å². The zero-order chi connectivity index (χ0) is 29.9. The molecule has 5 aromatic rings. The largest absolute Gasteiger partial charge is 0.453 e. The number of aryl methyl sites for hydroxylation is 4. The fourth-order valence-corrected chi connectivity index (χ4v) is 5.00. The van der Waals surface area contributed by atoms with Gasteiger partial charge in [-0.15, -0.1) is 0 Å². The van der Waals surface area contributed by atoms with E-state index in [1.165, 1.54) is 12.3 Å². The third kappa shape index (κ3) is 2.37. The van der Waals surface area contributed by atoms with Crippen LogP contribution in [0.3, 0.4) is 0 Å². The molecule has 0 aliphatic heterocycles. The van der Waals surface area contributed by atoms with Gasteiger partial charge in [0.25, 0.3) is 0 Å². The summed E-state index contributed by atoms with van der Waals surface area (Å²) in [6.07, 6.45) is 2.97. The van der Waals surface area contributed by atoms with Gasteiger partial charge in [-0.1, -0.05) is 44.1 Å². The molecule has 1 atom stereocenters. The number of nitrogens with zero attached hydrogens (tertiary/aromatic N) is 2. The predicted molar refractivity (Wildman–Crippen MR) is 130 cm³/mol. The number of benzene rings is 2. The summed E-state index contributed by atoms with van der Waals surface area (Å²) in [5, 5.41) is 0.679.